The van der Waals surface area contributed by atoms with Crippen molar-refractivity contribution in [1.82, 2.24) is 4.57 Å². The summed E-state index contributed by atoms with van der Waals surface area (Å²) in [6, 6.07) is 3.69. The van der Waals surface area contributed by atoms with Crippen molar-refractivity contribution in [1.29, 1.82) is 0 Å². The molecular weight excluding hydrogens is 234 g/mol. The number of carboxylic acid groups (broad SMARTS) is 1. The smallest absolute Gasteiger partial charge is 0.352 e. The average molecular weight is 247 g/mol. The van der Waals surface area contributed by atoms with Gasteiger partial charge in [0, 0.05) is 18.5 Å². The Labute approximate surface area is 104 Å². The molecule has 5 heteroatoms. The highest BCUT2D eigenvalue weighted by Crippen LogP contribution is 2.37. The van der Waals surface area contributed by atoms with Gasteiger partial charge in [-0.25, -0.2) is 4.79 Å². The number of hydrogen-bond acceptors (Lipinski definition) is 3. The molecule has 2 aromatic rings. The summed E-state index contributed by atoms with van der Waals surface area (Å²) in [5, 5.41) is 10.1. The number of fused-ring (bicyclic) bond motifs is 2. The van der Waals surface area contributed by atoms with Gasteiger partial charge in [-0.1, -0.05) is 0 Å². The van der Waals surface area contributed by atoms with Crippen LogP contribution in [0.3, 0.4) is 0 Å². The molecule has 1 aliphatic heterocycles. The topological polar surface area (TPSA) is 60.7 Å². The highest BCUT2D eigenvalue weighted by molar-refractivity contribution is 5.99. The highest BCUT2D eigenvalue weighted by Gasteiger charge is 2.21. The number of aromatic nitrogens is 1. The van der Waals surface area contributed by atoms with Crippen molar-refractivity contribution >= 4 is 16.9 Å². The fraction of sp³-hybridized carbons (Fsp3) is 0.308. The van der Waals surface area contributed by atoms with Gasteiger partial charge < -0.3 is 19.1 Å². The number of hydrogen-bond donors (Lipinski definition) is 1. The zero-order chi connectivity index (χ0) is 12.9. The lowest BCUT2D eigenvalue weighted by Gasteiger charge is -2.18. The van der Waals surface area contributed by atoms with Crippen LogP contribution in [-0.2, 0) is 7.05 Å². The van der Waals surface area contributed by atoms with Crippen molar-refractivity contribution in [3.8, 4) is 11.5 Å². The Morgan fingerprint density at radius 2 is 1.89 bits per heavy atom. The lowest BCUT2D eigenvalue weighted by Crippen LogP contribution is -2.15. The standard InChI is InChI=1S/C13H13NO4/c1-7-8-5-10-11(18-4-3-17-10)6-9(8)14(2)12(7)13(15)16/h5-6H,3-4H2,1-2H3,(H,15,16). The normalized spacial score (nSPS) is 13.9. The second-order valence-electron chi connectivity index (χ2n) is 4.35. The minimum absolute atomic E-state index is 0.298. The van der Waals surface area contributed by atoms with Crippen LogP contribution in [0.15, 0.2) is 12.1 Å². The molecule has 0 radical (unpaired) electrons. The summed E-state index contributed by atoms with van der Waals surface area (Å²) in [6.07, 6.45) is 0. The van der Waals surface area contributed by atoms with E-state index in [-0.39, 0.29) is 0 Å². The third-order valence-corrected chi connectivity index (χ3v) is 3.32. The molecule has 5 nitrogen and oxygen atoms in total. The molecule has 0 bridgehead atoms. The SMILES string of the molecule is Cc1c(C(=O)O)n(C)c2cc3c(cc12)OCCO3. The number of carboxylic acids is 1. The molecule has 3 rings (SSSR count). The van der Waals surface area contributed by atoms with Crippen molar-refractivity contribution in [3.63, 3.8) is 0 Å². The van der Waals surface area contributed by atoms with Crippen LogP contribution in [0.5, 0.6) is 11.5 Å². The molecule has 0 saturated heterocycles. The predicted octanol–water partition coefficient (Wildman–Crippen LogP) is 1.96. The molecule has 0 spiro atoms. The first kappa shape index (κ1) is 11.0. The maximum atomic E-state index is 11.3. The van der Waals surface area contributed by atoms with E-state index in [4.69, 9.17) is 9.47 Å². The van der Waals surface area contributed by atoms with Crippen molar-refractivity contribution in [2.24, 2.45) is 7.05 Å². The Hall–Kier alpha value is -2.17. The number of aromatic carboxylic acids is 1. The second-order valence-corrected chi connectivity index (χ2v) is 4.35. The number of benzene rings is 1. The first-order valence-electron chi connectivity index (χ1n) is 5.71. The molecule has 1 aromatic carbocycles. The van der Waals surface area contributed by atoms with Gasteiger partial charge in [0.1, 0.15) is 18.9 Å². The van der Waals surface area contributed by atoms with Gasteiger partial charge in [0.2, 0.25) is 0 Å². The number of nitrogens with zero attached hydrogens (tertiary/aromatic N) is 1. The monoisotopic (exact) mass is 247 g/mol. The van der Waals surface area contributed by atoms with Gasteiger partial charge in [-0.05, 0) is 18.6 Å². The van der Waals surface area contributed by atoms with Gasteiger partial charge in [-0.15, -0.1) is 0 Å². The molecule has 1 N–H and O–H groups in total. The van der Waals surface area contributed by atoms with E-state index >= 15 is 0 Å². The maximum Gasteiger partial charge on any atom is 0.352 e. The summed E-state index contributed by atoms with van der Waals surface area (Å²) in [6.45, 7) is 2.85. The minimum Gasteiger partial charge on any atom is -0.486 e. The largest absolute Gasteiger partial charge is 0.486 e. The molecule has 2 heterocycles. The van der Waals surface area contributed by atoms with Crippen LogP contribution >= 0.6 is 0 Å². The van der Waals surface area contributed by atoms with Gasteiger partial charge in [0.05, 0.1) is 5.52 Å². The van der Waals surface area contributed by atoms with Crippen LogP contribution < -0.4 is 9.47 Å². The summed E-state index contributed by atoms with van der Waals surface area (Å²) < 4.78 is 12.7. The third kappa shape index (κ3) is 1.37. The quantitative estimate of drug-likeness (QED) is 0.836. The third-order valence-electron chi connectivity index (χ3n) is 3.32. The summed E-state index contributed by atoms with van der Waals surface area (Å²) >= 11 is 0. The lowest BCUT2D eigenvalue weighted by atomic mass is 10.1. The van der Waals surface area contributed by atoms with Crippen molar-refractivity contribution in [3.05, 3.63) is 23.4 Å². The van der Waals surface area contributed by atoms with E-state index in [0.29, 0.717) is 30.4 Å². The molecule has 94 valence electrons. The van der Waals surface area contributed by atoms with Crippen LogP contribution in [0.4, 0.5) is 0 Å². The molecule has 0 atom stereocenters. The zero-order valence-corrected chi connectivity index (χ0v) is 10.2. The lowest BCUT2D eigenvalue weighted by molar-refractivity contribution is 0.0686. The Morgan fingerprint density at radius 3 is 2.50 bits per heavy atom. The van der Waals surface area contributed by atoms with E-state index in [1.165, 1.54) is 0 Å². The van der Waals surface area contributed by atoms with Gasteiger partial charge >= 0.3 is 5.97 Å². The first-order valence-corrected chi connectivity index (χ1v) is 5.71. The van der Waals surface area contributed by atoms with Gasteiger partial charge in [-0.3, -0.25) is 0 Å². The summed E-state index contributed by atoms with van der Waals surface area (Å²) in [5.41, 5.74) is 1.89. The molecular formula is C13H13NO4. The summed E-state index contributed by atoms with van der Waals surface area (Å²) in [4.78, 5) is 11.3. The Balaban J connectivity index is 2.35. The highest BCUT2D eigenvalue weighted by atomic mass is 16.6. The number of aryl methyl sites for hydroxylation is 2. The predicted molar refractivity (Wildman–Crippen MR) is 65.6 cm³/mol. The van der Waals surface area contributed by atoms with Gasteiger partial charge in [0.15, 0.2) is 11.5 Å². The maximum absolute atomic E-state index is 11.3. The van der Waals surface area contributed by atoms with E-state index in [9.17, 15) is 9.90 Å². The van der Waals surface area contributed by atoms with Crippen LogP contribution in [0.1, 0.15) is 16.1 Å². The molecule has 0 fully saturated rings. The second kappa shape index (κ2) is 3.66. The molecule has 0 aliphatic carbocycles. The van der Waals surface area contributed by atoms with E-state index in [1.807, 2.05) is 19.1 Å². The van der Waals surface area contributed by atoms with Crippen molar-refractivity contribution in [2.75, 3.05) is 13.2 Å². The first-order chi connectivity index (χ1) is 8.59. The van der Waals surface area contributed by atoms with Gasteiger partial charge in [-0.2, -0.15) is 0 Å². The average Bonchev–Trinajstić information content (AvgIpc) is 2.59. The number of carbonyl (C=O) groups is 1. The Kier molecular flexibility index (Phi) is 2.23. The molecule has 0 saturated carbocycles. The Morgan fingerprint density at radius 1 is 1.28 bits per heavy atom. The van der Waals surface area contributed by atoms with Crippen molar-refractivity contribution in [2.45, 2.75) is 6.92 Å². The zero-order valence-electron chi connectivity index (χ0n) is 10.2. The molecule has 1 aromatic heterocycles. The molecule has 1 aliphatic rings. The summed E-state index contributed by atoms with van der Waals surface area (Å²) in [5.74, 6) is 0.427. The Bertz CT molecular complexity index is 608. The minimum atomic E-state index is -0.925. The van der Waals surface area contributed by atoms with Gasteiger partial charge in [0.25, 0.3) is 0 Å². The van der Waals surface area contributed by atoms with E-state index in [2.05, 4.69) is 0 Å². The van der Waals surface area contributed by atoms with Crippen LogP contribution in [0.2, 0.25) is 0 Å². The van der Waals surface area contributed by atoms with Crippen molar-refractivity contribution < 1.29 is 19.4 Å². The van der Waals surface area contributed by atoms with Crippen LogP contribution in [0.25, 0.3) is 10.9 Å². The number of rotatable bonds is 1. The molecule has 18 heavy (non-hydrogen) atoms. The molecule has 0 amide bonds. The van der Waals surface area contributed by atoms with E-state index < -0.39 is 5.97 Å². The summed E-state index contributed by atoms with van der Waals surface area (Å²) in [7, 11) is 1.74. The fourth-order valence-corrected chi connectivity index (χ4v) is 2.46. The van der Waals surface area contributed by atoms with E-state index in [1.54, 1.807) is 11.6 Å². The van der Waals surface area contributed by atoms with Crippen LogP contribution in [-0.4, -0.2) is 28.9 Å². The van der Waals surface area contributed by atoms with E-state index in [0.717, 1.165) is 16.5 Å². The van der Waals surface area contributed by atoms with Crippen LogP contribution in [0, 0.1) is 6.92 Å². The molecule has 0 unspecified atom stereocenters. The number of ether oxygens (including phenoxy) is 2. The fourth-order valence-electron chi connectivity index (χ4n) is 2.46.